The lowest BCUT2D eigenvalue weighted by atomic mass is 10.0. The molecule has 0 radical (unpaired) electrons. The number of hydrogen-bond acceptors (Lipinski definition) is 3. The fourth-order valence-electron chi connectivity index (χ4n) is 2.07. The second-order valence-electron chi connectivity index (χ2n) is 5.13. The number of halogens is 4. The Morgan fingerprint density at radius 2 is 1.79 bits per heavy atom. The van der Waals surface area contributed by atoms with Gasteiger partial charge in [0.25, 0.3) is 0 Å². The summed E-state index contributed by atoms with van der Waals surface area (Å²) in [5, 5.41) is 7.27. The second-order valence-corrected chi connectivity index (χ2v) is 5.13. The van der Waals surface area contributed by atoms with Crippen LogP contribution >= 0.6 is 0 Å². The van der Waals surface area contributed by atoms with E-state index < -0.39 is 17.6 Å². The van der Waals surface area contributed by atoms with Gasteiger partial charge in [0.15, 0.2) is 0 Å². The number of nitrogens with zero attached hydrogens (tertiary/aromatic N) is 2. The van der Waals surface area contributed by atoms with E-state index in [0.717, 1.165) is 12.3 Å². The van der Waals surface area contributed by atoms with Gasteiger partial charge in [-0.25, -0.2) is 4.39 Å². The van der Waals surface area contributed by atoms with E-state index in [4.69, 9.17) is 5.73 Å². The Hall–Kier alpha value is -2.64. The number of alkyl halides is 3. The molecule has 128 valence electrons. The number of hydrogen-bond donors (Lipinski definition) is 2. The van der Waals surface area contributed by atoms with E-state index in [0.29, 0.717) is 5.52 Å². The first-order valence-electron chi connectivity index (χ1n) is 7.25. The van der Waals surface area contributed by atoms with Gasteiger partial charge >= 0.3 is 6.18 Å². The van der Waals surface area contributed by atoms with Gasteiger partial charge in [-0.2, -0.15) is 13.2 Å². The Morgan fingerprint density at radius 3 is 2.42 bits per heavy atom. The minimum Gasteiger partial charge on any atom is -0.382 e. The highest BCUT2D eigenvalue weighted by atomic mass is 19.4. The maximum absolute atomic E-state index is 13.3. The average molecular weight is 340 g/mol. The van der Waals surface area contributed by atoms with Crippen LogP contribution in [0.3, 0.4) is 0 Å². The van der Waals surface area contributed by atoms with Crippen LogP contribution in [0.1, 0.15) is 25.8 Å². The van der Waals surface area contributed by atoms with Gasteiger partial charge < -0.3 is 10.7 Å². The zero-order valence-electron chi connectivity index (χ0n) is 13.1. The smallest absolute Gasteiger partial charge is 0.382 e. The summed E-state index contributed by atoms with van der Waals surface area (Å²) in [7, 11) is 0. The van der Waals surface area contributed by atoms with Gasteiger partial charge in [-0.05, 0) is 18.2 Å². The van der Waals surface area contributed by atoms with E-state index in [1.54, 1.807) is 0 Å². The van der Waals surface area contributed by atoms with Crippen LogP contribution in [0, 0.1) is 5.82 Å². The van der Waals surface area contributed by atoms with Crippen LogP contribution < -0.4 is 5.73 Å². The van der Waals surface area contributed by atoms with E-state index in [1.165, 1.54) is 24.6 Å². The monoisotopic (exact) mass is 340 g/mol. The standard InChI is InChI=1S/C13H8F4N4.C3H8/c14-9-5-19-10-3-6(1-2-7(9)10)12-8(13(15,16)17)4-11(18)20-21-12;1-3-2/h1-5,19H,(H2,18,20);3H2,1-2H3. The lowest BCUT2D eigenvalue weighted by Gasteiger charge is -2.11. The number of nitrogens with one attached hydrogen (secondary N) is 1. The number of aromatic nitrogens is 3. The summed E-state index contributed by atoms with van der Waals surface area (Å²) in [5.74, 6) is -0.797. The predicted octanol–water partition coefficient (Wildman–Crippen LogP) is 4.78. The summed E-state index contributed by atoms with van der Waals surface area (Å²) >= 11 is 0. The normalized spacial score (nSPS) is 11.2. The van der Waals surface area contributed by atoms with E-state index in [-0.39, 0.29) is 22.5 Å². The van der Waals surface area contributed by atoms with Gasteiger partial charge in [-0.1, -0.05) is 26.3 Å². The van der Waals surface area contributed by atoms with E-state index in [1.807, 2.05) is 0 Å². The van der Waals surface area contributed by atoms with Crippen molar-refractivity contribution in [2.75, 3.05) is 5.73 Å². The molecule has 0 atom stereocenters. The molecule has 0 fully saturated rings. The van der Waals surface area contributed by atoms with Crippen molar-refractivity contribution in [1.82, 2.24) is 15.2 Å². The molecule has 8 heteroatoms. The summed E-state index contributed by atoms with van der Waals surface area (Å²) in [6.07, 6.45) is -2.23. The van der Waals surface area contributed by atoms with Crippen molar-refractivity contribution in [2.45, 2.75) is 26.4 Å². The Kier molecular flexibility index (Phi) is 5.06. The van der Waals surface area contributed by atoms with Crippen LogP contribution in [-0.4, -0.2) is 15.2 Å². The molecule has 0 bridgehead atoms. The number of benzene rings is 1. The van der Waals surface area contributed by atoms with Gasteiger partial charge in [0.05, 0.1) is 5.56 Å². The van der Waals surface area contributed by atoms with Crippen molar-refractivity contribution >= 4 is 16.7 Å². The Labute approximate surface area is 135 Å². The summed E-state index contributed by atoms with van der Waals surface area (Å²) in [5.41, 5.74) is 4.47. The predicted molar refractivity (Wildman–Crippen MR) is 84.7 cm³/mol. The third kappa shape index (κ3) is 3.64. The van der Waals surface area contributed by atoms with E-state index in [9.17, 15) is 17.6 Å². The SMILES string of the molecule is CCC.Nc1cc(C(F)(F)F)c(-c2ccc3c(F)c[nH]c3c2)nn1. The highest BCUT2D eigenvalue weighted by Crippen LogP contribution is 2.37. The lowest BCUT2D eigenvalue weighted by molar-refractivity contribution is -0.137. The number of fused-ring (bicyclic) bond motifs is 1. The lowest BCUT2D eigenvalue weighted by Crippen LogP contribution is -2.11. The van der Waals surface area contributed by atoms with Crippen molar-refractivity contribution in [3.05, 3.63) is 41.8 Å². The molecule has 0 spiro atoms. The number of rotatable bonds is 1. The molecule has 3 rings (SSSR count). The van der Waals surface area contributed by atoms with Crippen LogP contribution in [0.25, 0.3) is 22.2 Å². The van der Waals surface area contributed by atoms with Gasteiger partial charge in [0.2, 0.25) is 0 Å². The summed E-state index contributed by atoms with van der Waals surface area (Å²) in [6.45, 7) is 4.25. The van der Waals surface area contributed by atoms with E-state index in [2.05, 4.69) is 29.0 Å². The van der Waals surface area contributed by atoms with Crippen molar-refractivity contribution in [3.63, 3.8) is 0 Å². The number of nitrogens with two attached hydrogens (primary N) is 1. The van der Waals surface area contributed by atoms with Crippen LogP contribution in [0.4, 0.5) is 23.4 Å². The first-order valence-corrected chi connectivity index (χ1v) is 7.25. The average Bonchev–Trinajstić information content (AvgIpc) is 2.88. The molecule has 4 nitrogen and oxygen atoms in total. The molecule has 24 heavy (non-hydrogen) atoms. The molecule has 0 aliphatic carbocycles. The zero-order chi connectivity index (χ0) is 17.9. The highest BCUT2D eigenvalue weighted by molar-refractivity contribution is 5.85. The van der Waals surface area contributed by atoms with Crippen LogP contribution in [0.15, 0.2) is 30.5 Å². The highest BCUT2D eigenvalue weighted by Gasteiger charge is 2.35. The number of aromatic amines is 1. The van der Waals surface area contributed by atoms with Gasteiger partial charge in [-0.15, -0.1) is 10.2 Å². The van der Waals surface area contributed by atoms with E-state index >= 15 is 0 Å². The molecular formula is C16H16F4N4. The third-order valence-electron chi connectivity index (χ3n) is 3.02. The van der Waals surface area contributed by atoms with Crippen molar-refractivity contribution in [1.29, 1.82) is 0 Å². The molecule has 2 aromatic heterocycles. The van der Waals surface area contributed by atoms with Gasteiger partial charge in [0.1, 0.15) is 17.3 Å². The summed E-state index contributed by atoms with van der Waals surface area (Å²) in [4.78, 5) is 2.64. The quantitative estimate of drug-likeness (QED) is 0.626. The first kappa shape index (κ1) is 17.7. The second kappa shape index (κ2) is 6.86. The van der Waals surface area contributed by atoms with Crippen molar-refractivity contribution in [3.8, 4) is 11.3 Å². The summed E-state index contributed by atoms with van der Waals surface area (Å²) < 4.78 is 52.5. The van der Waals surface area contributed by atoms with Gasteiger partial charge in [-0.3, -0.25) is 0 Å². The minimum absolute atomic E-state index is 0.171. The Morgan fingerprint density at radius 1 is 1.12 bits per heavy atom. The zero-order valence-corrected chi connectivity index (χ0v) is 13.1. The van der Waals surface area contributed by atoms with Gasteiger partial charge in [0, 0.05) is 22.7 Å². The Bertz CT molecular complexity index is 840. The fourth-order valence-corrected chi connectivity index (χ4v) is 2.07. The van der Waals surface area contributed by atoms with Crippen LogP contribution in [-0.2, 0) is 6.18 Å². The number of H-pyrrole nitrogens is 1. The molecule has 0 saturated heterocycles. The van der Waals surface area contributed by atoms with Crippen molar-refractivity contribution < 1.29 is 17.6 Å². The van der Waals surface area contributed by atoms with Crippen LogP contribution in [0.5, 0.6) is 0 Å². The molecule has 3 aromatic rings. The molecular weight excluding hydrogens is 324 g/mol. The molecule has 0 amide bonds. The minimum atomic E-state index is -4.62. The van der Waals surface area contributed by atoms with Crippen LogP contribution in [0.2, 0.25) is 0 Å². The van der Waals surface area contributed by atoms with Crippen molar-refractivity contribution in [2.24, 2.45) is 0 Å². The third-order valence-corrected chi connectivity index (χ3v) is 3.02. The molecule has 1 aromatic carbocycles. The maximum atomic E-state index is 13.3. The molecule has 2 heterocycles. The molecule has 0 saturated carbocycles. The largest absolute Gasteiger partial charge is 0.418 e. The summed E-state index contributed by atoms with van der Waals surface area (Å²) in [6, 6.07) is 4.85. The Balaban J connectivity index is 0.000000647. The maximum Gasteiger partial charge on any atom is 0.418 e. The fraction of sp³-hybridized carbons (Fsp3) is 0.250. The number of nitrogen functional groups attached to an aromatic ring is 1. The first-order chi connectivity index (χ1) is 11.3. The topological polar surface area (TPSA) is 67.6 Å². The molecule has 0 unspecified atom stereocenters. The molecule has 0 aliphatic rings. The number of anilines is 1. The molecule has 0 aliphatic heterocycles. The molecule has 3 N–H and O–H groups in total.